The van der Waals surface area contributed by atoms with Gasteiger partial charge in [0.1, 0.15) is 0 Å². The molecule has 4 heteroatoms. The zero-order valence-electron chi connectivity index (χ0n) is 10.5. The molecule has 92 valence electrons. The van der Waals surface area contributed by atoms with E-state index in [-0.39, 0.29) is 0 Å². The number of unbranched alkanes of at least 4 members (excludes halogenated alkanes) is 3. The van der Waals surface area contributed by atoms with Gasteiger partial charge in [0.2, 0.25) is 0 Å². The fourth-order valence-electron chi connectivity index (χ4n) is 2.01. The second kappa shape index (κ2) is 6.92. The maximum absolute atomic E-state index is 6.14. The average Bonchev–Trinajstić information content (AvgIpc) is 2.60. The van der Waals surface area contributed by atoms with Crippen LogP contribution in [0.3, 0.4) is 0 Å². The molecule has 0 radical (unpaired) electrons. The lowest BCUT2D eigenvalue weighted by molar-refractivity contribution is 0.476. The Balaban J connectivity index is 2.54. The maximum atomic E-state index is 6.14. The Bertz CT molecular complexity index is 290. The first kappa shape index (κ1) is 13.5. The summed E-state index contributed by atoms with van der Waals surface area (Å²) in [5, 5.41) is 8.25. The minimum Gasteiger partial charge on any atom is -0.312 e. The Labute approximate surface area is 103 Å². The summed E-state index contributed by atoms with van der Waals surface area (Å²) in [6, 6.07) is 0.317. The lowest BCUT2D eigenvalue weighted by Crippen LogP contribution is -2.19. The monoisotopic (exact) mass is 243 g/mol. The van der Waals surface area contributed by atoms with Crippen molar-refractivity contribution in [1.29, 1.82) is 0 Å². The number of rotatable bonds is 7. The molecule has 16 heavy (non-hydrogen) atoms. The van der Waals surface area contributed by atoms with Gasteiger partial charge >= 0.3 is 0 Å². The van der Waals surface area contributed by atoms with Gasteiger partial charge < -0.3 is 5.32 Å². The first-order valence-corrected chi connectivity index (χ1v) is 6.43. The Morgan fingerprint density at radius 2 is 2.19 bits per heavy atom. The minimum absolute atomic E-state index is 0.317. The number of hydrogen-bond acceptors (Lipinski definition) is 2. The molecular weight excluding hydrogens is 222 g/mol. The Morgan fingerprint density at radius 3 is 2.69 bits per heavy atom. The van der Waals surface area contributed by atoms with E-state index in [9.17, 15) is 0 Å². The number of hydrogen-bond donors (Lipinski definition) is 1. The molecule has 1 aromatic rings. The highest BCUT2D eigenvalue weighted by Crippen LogP contribution is 2.25. The van der Waals surface area contributed by atoms with Gasteiger partial charge in [-0.2, -0.15) is 5.10 Å². The number of aromatic nitrogens is 2. The predicted octanol–water partition coefficient (Wildman–Crippen LogP) is 3.30. The third kappa shape index (κ3) is 3.49. The molecule has 0 aromatic carbocycles. The molecule has 0 aliphatic rings. The minimum atomic E-state index is 0.317. The molecule has 3 nitrogen and oxygen atoms in total. The van der Waals surface area contributed by atoms with E-state index in [0.29, 0.717) is 6.04 Å². The van der Waals surface area contributed by atoms with Crippen LogP contribution >= 0.6 is 11.6 Å². The molecule has 1 heterocycles. The van der Waals surface area contributed by atoms with Crippen LogP contribution in [-0.4, -0.2) is 16.8 Å². The van der Waals surface area contributed by atoms with Crippen LogP contribution in [0.5, 0.6) is 0 Å². The SMILES string of the molecule is CCCCCCC(NC)c1c(Cl)cnn1C. The second-order valence-corrected chi connectivity index (χ2v) is 4.60. The molecule has 0 bridgehead atoms. The molecular formula is C12H22ClN3. The normalized spacial score (nSPS) is 13.0. The number of nitrogens with one attached hydrogen (secondary N) is 1. The van der Waals surface area contributed by atoms with Crippen molar-refractivity contribution in [3.8, 4) is 0 Å². The molecule has 0 saturated heterocycles. The third-order valence-electron chi connectivity index (χ3n) is 2.96. The van der Waals surface area contributed by atoms with Crippen LogP contribution in [0.15, 0.2) is 6.20 Å². The summed E-state index contributed by atoms with van der Waals surface area (Å²) >= 11 is 6.14. The van der Waals surface area contributed by atoms with Crippen LogP contribution in [0.1, 0.15) is 50.8 Å². The highest BCUT2D eigenvalue weighted by molar-refractivity contribution is 6.31. The van der Waals surface area contributed by atoms with E-state index >= 15 is 0 Å². The summed E-state index contributed by atoms with van der Waals surface area (Å²) in [4.78, 5) is 0. The molecule has 1 N–H and O–H groups in total. The largest absolute Gasteiger partial charge is 0.312 e. The molecule has 0 saturated carbocycles. The zero-order valence-corrected chi connectivity index (χ0v) is 11.2. The van der Waals surface area contributed by atoms with Gasteiger partial charge in [0, 0.05) is 7.05 Å². The van der Waals surface area contributed by atoms with Crippen molar-refractivity contribution in [3.63, 3.8) is 0 Å². The van der Waals surface area contributed by atoms with E-state index in [1.807, 2.05) is 18.8 Å². The van der Waals surface area contributed by atoms with Crippen molar-refractivity contribution in [2.75, 3.05) is 7.05 Å². The van der Waals surface area contributed by atoms with E-state index < -0.39 is 0 Å². The summed E-state index contributed by atoms with van der Waals surface area (Å²) in [5.74, 6) is 0. The zero-order chi connectivity index (χ0) is 12.0. The summed E-state index contributed by atoms with van der Waals surface area (Å²) in [6.45, 7) is 2.23. The Hall–Kier alpha value is -0.540. The van der Waals surface area contributed by atoms with Crippen molar-refractivity contribution in [3.05, 3.63) is 16.9 Å². The molecule has 1 atom stereocenters. The molecule has 1 unspecified atom stereocenters. The van der Waals surface area contributed by atoms with Crippen LogP contribution in [0.2, 0.25) is 5.02 Å². The maximum Gasteiger partial charge on any atom is 0.0833 e. The predicted molar refractivity (Wildman–Crippen MR) is 68.8 cm³/mol. The Kier molecular flexibility index (Phi) is 5.85. The summed E-state index contributed by atoms with van der Waals surface area (Å²) in [5.41, 5.74) is 1.10. The summed E-state index contributed by atoms with van der Waals surface area (Å²) < 4.78 is 1.86. The average molecular weight is 244 g/mol. The van der Waals surface area contributed by atoms with E-state index in [1.165, 1.54) is 25.7 Å². The van der Waals surface area contributed by atoms with Crippen molar-refractivity contribution < 1.29 is 0 Å². The quantitative estimate of drug-likeness (QED) is 0.745. The second-order valence-electron chi connectivity index (χ2n) is 4.19. The first-order chi connectivity index (χ1) is 7.70. The summed E-state index contributed by atoms with van der Waals surface area (Å²) in [6.07, 6.45) is 7.96. The lowest BCUT2D eigenvalue weighted by atomic mass is 10.0. The number of halogens is 1. The molecule has 1 aromatic heterocycles. The van der Waals surface area contributed by atoms with Crippen molar-refractivity contribution in [1.82, 2.24) is 15.1 Å². The first-order valence-electron chi connectivity index (χ1n) is 6.05. The Morgan fingerprint density at radius 1 is 1.44 bits per heavy atom. The topological polar surface area (TPSA) is 29.9 Å². The number of nitrogens with zero attached hydrogens (tertiary/aromatic N) is 2. The molecule has 0 spiro atoms. The van der Waals surface area contributed by atoms with Gasteiger partial charge in [-0.15, -0.1) is 0 Å². The van der Waals surface area contributed by atoms with Gasteiger partial charge in [0.25, 0.3) is 0 Å². The van der Waals surface area contributed by atoms with Gasteiger partial charge in [-0.1, -0.05) is 44.2 Å². The highest BCUT2D eigenvalue weighted by atomic mass is 35.5. The molecule has 0 amide bonds. The van der Waals surface area contributed by atoms with Crippen LogP contribution in [0, 0.1) is 0 Å². The van der Waals surface area contributed by atoms with Crippen LogP contribution in [0.4, 0.5) is 0 Å². The smallest absolute Gasteiger partial charge is 0.0833 e. The van der Waals surface area contributed by atoms with E-state index in [0.717, 1.165) is 17.1 Å². The van der Waals surface area contributed by atoms with Crippen molar-refractivity contribution >= 4 is 11.6 Å². The van der Waals surface area contributed by atoms with E-state index in [1.54, 1.807) is 6.20 Å². The molecule has 0 fully saturated rings. The highest BCUT2D eigenvalue weighted by Gasteiger charge is 2.16. The standard InChI is InChI=1S/C12H22ClN3/c1-4-5-6-7-8-11(14-2)12-10(13)9-15-16(12)3/h9,11,14H,4-8H2,1-3H3. The molecule has 0 aliphatic heterocycles. The lowest BCUT2D eigenvalue weighted by Gasteiger charge is -2.17. The third-order valence-corrected chi connectivity index (χ3v) is 3.25. The van der Waals surface area contributed by atoms with Crippen LogP contribution < -0.4 is 5.32 Å². The van der Waals surface area contributed by atoms with Crippen molar-refractivity contribution in [2.45, 2.75) is 45.1 Å². The molecule has 1 rings (SSSR count). The van der Waals surface area contributed by atoms with Crippen molar-refractivity contribution in [2.24, 2.45) is 7.05 Å². The summed E-state index contributed by atoms with van der Waals surface area (Å²) in [7, 11) is 3.92. The molecule has 0 aliphatic carbocycles. The van der Waals surface area contributed by atoms with E-state index in [4.69, 9.17) is 11.6 Å². The van der Waals surface area contributed by atoms with Gasteiger partial charge in [-0.3, -0.25) is 4.68 Å². The van der Waals surface area contributed by atoms with Crippen LogP contribution in [0.25, 0.3) is 0 Å². The van der Waals surface area contributed by atoms with E-state index in [2.05, 4.69) is 17.3 Å². The fraction of sp³-hybridized carbons (Fsp3) is 0.750. The fourth-order valence-corrected chi connectivity index (χ4v) is 2.30. The number of aryl methyl sites for hydroxylation is 1. The van der Waals surface area contributed by atoms with Gasteiger partial charge in [-0.05, 0) is 13.5 Å². The van der Waals surface area contributed by atoms with Gasteiger partial charge in [0.05, 0.1) is 23.0 Å². The van der Waals surface area contributed by atoms with Gasteiger partial charge in [-0.25, -0.2) is 0 Å². The van der Waals surface area contributed by atoms with Crippen LogP contribution in [-0.2, 0) is 7.05 Å². The van der Waals surface area contributed by atoms with Gasteiger partial charge in [0.15, 0.2) is 0 Å².